The minimum atomic E-state index is -0.489. The Morgan fingerprint density at radius 2 is 2.15 bits per heavy atom. The number of anilines is 1. The molecule has 1 aromatic rings. The molecule has 1 heterocycles. The number of hydrogen-bond acceptors (Lipinski definition) is 4. The highest BCUT2D eigenvalue weighted by Gasteiger charge is 2.13. The molecule has 0 radical (unpaired) electrons. The van der Waals surface area contributed by atoms with Crippen LogP contribution in [0.25, 0.3) is 0 Å². The molecule has 0 bridgehead atoms. The number of carbonyl (C=O) groups is 1. The minimum Gasteiger partial charge on any atom is -0.324 e. The molecule has 0 aromatic heterocycles. The van der Waals surface area contributed by atoms with E-state index in [1.807, 2.05) is 18.7 Å². The molecule has 1 saturated heterocycles. The van der Waals surface area contributed by atoms with Crippen LogP contribution in [0.3, 0.4) is 0 Å². The number of nitrogens with one attached hydrogen (secondary N) is 1. The summed E-state index contributed by atoms with van der Waals surface area (Å²) in [7, 11) is 0. The Labute approximate surface area is 125 Å². The minimum absolute atomic E-state index is 0.139. The predicted molar refractivity (Wildman–Crippen MR) is 86.1 cm³/mol. The third-order valence-corrected chi connectivity index (χ3v) is 4.43. The Morgan fingerprint density at radius 1 is 1.45 bits per heavy atom. The van der Waals surface area contributed by atoms with E-state index < -0.39 is 6.04 Å². The van der Waals surface area contributed by atoms with Gasteiger partial charge in [0, 0.05) is 36.8 Å². The first-order chi connectivity index (χ1) is 9.56. The number of rotatable bonds is 4. The summed E-state index contributed by atoms with van der Waals surface area (Å²) in [6.07, 6.45) is 0. The first kappa shape index (κ1) is 15.4. The molecule has 20 heavy (non-hydrogen) atoms. The van der Waals surface area contributed by atoms with E-state index in [1.54, 1.807) is 6.92 Å². The predicted octanol–water partition coefficient (Wildman–Crippen LogP) is 1.83. The van der Waals surface area contributed by atoms with Gasteiger partial charge in [-0.2, -0.15) is 11.8 Å². The van der Waals surface area contributed by atoms with E-state index in [9.17, 15) is 4.79 Å². The van der Waals surface area contributed by atoms with E-state index in [0.29, 0.717) is 0 Å². The molecule has 5 heteroatoms. The van der Waals surface area contributed by atoms with E-state index in [0.717, 1.165) is 30.9 Å². The molecule has 0 saturated carbocycles. The number of thioether (sulfide) groups is 1. The highest BCUT2D eigenvalue weighted by Crippen LogP contribution is 2.19. The number of benzene rings is 1. The van der Waals surface area contributed by atoms with E-state index in [1.165, 1.54) is 17.1 Å². The Balaban J connectivity index is 2.05. The molecule has 4 nitrogen and oxygen atoms in total. The molecule has 3 N–H and O–H groups in total. The lowest BCUT2D eigenvalue weighted by Crippen LogP contribution is -2.33. The molecule has 110 valence electrons. The fraction of sp³-hybridized carbons (Fsp3) is 0.533. The normalized spacial score (nSPS) is 17.8. The maximum atomic E-state index is 11.7. The van der Waals surface area contributed by atoms with Gasteiger partial charge in [-0.25, -0.2) is 0 Å². The molecule has 1 fully saturated rings. The quantitative estimate of drug-likeness (QED) is 0.889. The van der Waals surface area contributed by atoms with E-state index in [-0.39, 0.29) is 5.91 Å². The molecule has 0 spiro atoms. The lowest BCUT2D eigenvalue weighted by Gasteiger charge is -2.26. The summed E-state index contributed by atoms with van der Waals surface area (Å²) in [5.41, 5.74) is 8.78. The van der Waals surface area contributed by atoms with Crippen LogP contribution in [-0.4, -0.2) is 41.4 Å². The van der Waals surface area contributed by atoms with Crippen LogP contribution >= 0.6 is 11.8 Å². The first-order valence-electron chi connectivity index (χ1n) is 7.02. The van der Waals surface area contributed by atoms with Crippen LogP contribution in [0.2, 0.25) is 0 Å². The van der Waals surface area contributed by atoms with Crippen molar-refractivity contribution in [1.82, 2.24) is 4.90 Å². The number of nitrogens with two attached hydrogens (primary N) is 1. The van der Waals surface area contributed by atoms with Crippen molar-refractivity contribution in [3.8, 4) is 0 Å². The molecule has 1 aromatic carbocycles. The van der Waals surface area contributed by atoms with Crippen LogP contribution < -0.4 is 11.1 Å². The maximum absolute atomic E-state index is 11.7. The van der Waals surface area contributed by atoms with Crippen LogP contribution in [0.4, 0.5) is 5.69 Å². The third kappa shape index (κ3) is 4.23. The highest BCUT2D eigenvalue weighted by atomic mass is 32.2. The average molecular weight is 293 g/mol. The SMILES string of the molecule is Cc1ccc(CN2CCSCC2)cc1NC(=O)[C@@H](C)N. The van der Waals surface area contributed by atoms with Gasteiger partial charge in [0.1, 0.15) is 0 Å². The van der Waals surface area contributed by atoms with Gasteiger partial charge in [-0.1, -0.05) is 12.1 Å². The molecule has 0 aliphatic carbocycles. The lowest BCUT2D eigenvalue weighted by molar-refractivity contribution is -0.117. The van der Waals surface area contributed by atoms with Crippen LogP contribution in [-0.2, 0) is 11.3 Å². The fourth-order valence-electron chi connectivity index (χ4n) is 2.17. The van der Waals surface area contributed by atoms with Crippen molar-refractivity contribution >= 4 is 23.4 Å². The Kier molecular flexibility index (Phi) is 5.46. The summed E-state index contributed by atoms with van der Waals surface area (Å²) in [5.74, 6) is 2.28. The van der Waals surface area contributed by atoms with Gasteiger partial charge < -0.3 is 11.1 Å². The highest BCUT2D eigenvalue weighted by molar-refractivity contribution is 7.99. The molecule has 1 amide bonds. The van der Waals surface area contributed by atoms with Crippen molar-refractivity contribution in [1.29, 1.82) is 0 Å². The van der Waals surface area contributed by atoms with Gasteiger partial charge in [0.25, 0.3) is 0 Å². The van der Waals surface area contributed by atoms with Crippen molar-refractivity contribution in [2.45, 2.75) is 26.4 Å². The smallest absolute Gasteiger partial charge is 0.241 e. The Bertz CT molecular complexity index is 470. The maximum Gasteiger partial charge on any atom is 0.241 e. The third-order valence-electron chi connectivity index (χ3n) is 3.48. The van der Waals surface area contributed by atoms with Gasteiger partial charge in [0.2, 0.25) is 5.91 Å². The Morgan fingerprint density at radius 3 is 2.80 bits per heavy atom. The van der Waals surface area contributed by atoms with E-state index in [2.05, 4.69) is 28.4 Å². The molecule has 2 rings (SSSR count). The number of amides is 1. The van der Waals surface area contributed by atoms with Crippen LogP contribution in [0.15, 0.2) is 18.2 Å². The summed E-state index contributed by atoms with van der Waals surface area (Å²) in [4.78, 5) is 14.2. The zero-order chi connectivity index (χ0) is 14.5. The van der Waals surface area contributed by atoms with Gasteiger partial charge >= 0.3 is 0 Å². The second-order valence-corrected chi connectivity index (χ2v) is 6.54. The number of nitrogens with zero attached hydrogens (tertiary/aromatic N) is 1. The van der Waals surface area contributed by atoms with Crippen molar-refractivity contribution in [3.63, 3.8) is 0 Å². The molecule has 0 unspecified atom stereocenters. The molecule has 1 aliphatic heterocycles. The fourth-order valence-corrected chi connectivity index (χ4v) is 3.14. The van der Waals surface area contributed by atoms with Crippen molar-refractivity contribution in [3.05, 3.63) is 29.3 Å². The largest absolute Gasteiger partial charge is 0.324 e. The summed E-state index contributed by atoms with van der Waals surface area (Å²) in [6, 6.07) is 5.78. The van der Waals surface area contributed by atoms with E-state index >= 15 is 0 Å². The zero-order valence-corrected chi connectivity index (χ0v) is 13.0. The monoisotopic (exact) mass is 293 g/mol. The van der Waals surface area contributed by atoms with Crippen LogP contribution in [0.5, 0.6) is 0 Å². The second-order valence-electron chi connectivity index (χ2n) is 5.32. The van der Waals surface area contributed by atoms with Gasteiger partial charge in [-0.3, -0.25) is 9.69 Å². The standard InChI is InChI=1S/C15H23N3OS/c1-11-3-4-13(10-18-5-7-20-8-6-18)9-14(11)17-15(19)12(2)16/h3-4,9,12H,5-8,10,16H2,1-2H3,(H,17,19)/t12-/m1/s1. The Hall–Kier alpha value is -1.04. The first-order valence-corrected chi connectivity index (χ1v) is 8.18. The molecular weight excluding hydrogens is 270 g/mol. The zero-order valence-electron chi connectivity index (χ0n) is 12.2. The lowest BCUT2D eigenvalue weighted by atomic mass is 10.1. The summed E-state index contributed by atoms with van der Waals surface area (Å²) in [5, 5.41) is 2.90. The van der Waals surface area contributed by atoms with Crippen LogP contribution in [0, 0.1) is 6.92 Å². The van der Waals surface area contributed by atoms with Gasteiger partial charge in [-0.15, -0.1) is 0 Å². The molecule has 1 aliphatic rings. The van der Waals surface area contributed by atoms with Crippen molar-refractivity contribution in [2.24, 2.45) is 5.73 Å². The van der Waals surface area contributed by atoms with Gasteiger partial charge in [0.05, 0.1) is 6.04 Å². The van der Waals surface area contributed by atoms with Gasteiger partial charge in [0.15, 0.2) is 0 Å². The summed E-state index contributed by atoms with van der Waals surface area (Å²) < 4.78 is 0. The molecule has 1 atom stereocenters. The topological polar surface area (TPSA) is 58.4 Å². The summed E-state index contributed by atoms with van der Waals surface area (Å²) >= 11 is 2.01. The summed E-state index contributed by atoms with van der Waals surface area (Å²) in [6.45, 7) is 6.92. The number of hydrogen-bond donors (Lipinski definition) is 2. The molecular formula is C15H23N3OS. The second kappa shape index (κ2) is 7.11. The van der Waals surface area contributed by atoms with Gasteiger partial charge in [-0.05, 0) is 31.0 Å². The van der Waals surface area contributed by atoms with E-state index in [4.69, 9.17) is 5.73 Å². The van der Waals surface area contributed by atoms with Crippen molar-refractivity contribution in [2.75, 3.05) is 29.9 Å². The van der Waals surface area contributed by atoms with Crippen LogP contribution in [0.1, 0.15) is 18.1 Å². The average Bonchev–Trinajstić information content (AvgIpc) is 2.43. The van der Waals surface area contributed by atoms with Crippen molar-refractivity contribution < 1.29 is 4.79 Å². The number of aryl methyl sites for hydroxylation is 1. The number of carbonyl (C=O) groups excluding carboxylic acids is 1.